The van der Waals surface area contributed by atoms with Crippen LogP contribution in [-0.2, 0) is 19.6 Å². The topological polar surface area (TPSA) is 39.7 Å². The van der Waals surface area contributed by atoms with Gasteiger partial charge in [-0.15, -0.1) is 0 Å². The van der Waals surface area contributed by atoms with Gasteiger partial charge in [-0.3, -0.25) is 0 Å². The Morgan fingerprint density at radius 1 is 1.00 bits per heavy atom. The smallest absolute Gasteiger partial charge is 0.0701 e. The summed E-state index contributed by atoms with van der Waals surface area (Å²) in [6, 6.07) is 8.64. The lowest BCUT2D eigenvalue weighted by atomic mass is 9.73. The van der Waals surface area contributed by atoms with E-state index in [4.69, 9.17) is 14.2 Å². The normalized spacial score (nSPS) is 16.7. The Bertz CT molecular complexity index is 406. The van der Waals surface area contributed by atoms with Gasteiger partial charge in [-0.25, -0.2) is 0 Å². The van der Waals surface area contributed by atoms with Crippen molar-refractivity contribution in [1.29, 1.82) is 0 Å². The highest BCUT2D eigenvalue weighted by molar-refractivity contribution is 9.10. The van der Waals surface area contributed by atoms with E-state index in [-0.39, 0.29) is 5.41 Å². The summed E-state index contributed by atoms with van der Waals surface area (Å²) in [5.41, 5.74) is 1.63. The van der Waals surface area contributed by atoms with E-state index in [1.54, 1.807) is 7.11 Å². The van der Waals surface area contributed by atoms with Crippen LogP contribution in [0.25, 0.3) is 0 Å². The summed E-state index contributed by atoms with van der Waals surface area (Å²) < 4.78 is 17.1. The summed E-state index contributed by atoms with van der Waals surface area (Å²) in [6.45, 7) is 5.38. The summed E-state index contributed by atoms with van der Waals surface area (Å²) >= 11 is 3.49. The molecule has 0 radical (unpaired) electrons. The minimum atomic E-state index is 0.234. The number of hydrogen-bond donors (Lipinski definition) is 1. The highest BCUT2D eigenvalue weighted by atomic mass is 79.9. The first-order valence-corrected chi connectivity index (χ1v) is 8.17. The summed E-state index contributed by atoms with van der Waals surface area (Å²) in [5, 5.41) is 3.38. The zero-order valence-corrected chi connectivity index (χ0v) is 14.2. The first-order chi connectivity index (χ1) is 10.3. The zero-order valence-electron chi connectivity index (χ0n) is 12.6. The fourth-order valence-electron chi connectivity index (χ4n) is 2.49. The monoisotopic (exact) mass is 357 g/mol. The van der Waals surface area contributed by atoms with Crippen LogP contribution < -0.4 is 5.32 Å². The average Bonchev–Trinajstić information content (AvgIpc) is 2.45. The number of ether oxygens (including phenoxy) is 3. The van der Waals surface area contributed by atoms with Crippen LogP contribution in [0.15, 0.2) is 28.7 Å². The van der Waals surface area contributed by atoms with Crippen molar-refractivity contribution >= 4 is 15.9 Å². The molecule has 0 saturated carbocycles. The molecule has 0 unspecified atom stereocenters. The van der Waals surface area contributed by atoms with Crippen molar-refractivity contribution in [2.24, 2.45) is 0 Å². The van der Waals surface area contributed by atoms with Gasteiger partial charge in [0.15, 0.2) is 0 Å². The molecule has 1 aromatic rings. The number of hydrogen-bond acceptors (Lipinski definition) is 4. The van der Waals surface area contributed by atoms with Gasteiger partial charge < -0.3 is 19.5 Å². The van der Waals surface area contributed by atoms with Gasteiger partial charge in [0.2, 0.25) is 0 Å². The van der Waals surface area contributed by atoms with Gasteiger partial charge in [0.05, 0.1) is 26.4 Å². The Balaban J connectivity index is 1.67. The molecule has 118 valence electrons. The third-order valence-electron chi connectivity index (χ3n) is 3.91. The van der Waals surface area contributed by atoms with Crippen LogP contribution in [0.5, 0.6) is 0 Å². The molecule has 0 amide bonds. The van der Waals surface area contributed by atoms with Crippen LogP contribution in [0, 0.1) is 0 Å². The van der Waals surface area contributed by atoms with Crippen LogP contribution in [0.2, 0.25) is 0 Å². The third kappa shape index (κ3) is 5.04. The molecule has 1 fully saturated rings. The molecule has 1 N–H and O–H groups in total. The van der Waals surface area contributed by atoms with E-state index in [2.05, 4.69) is 45.5 Å². The molecule has 0 aromatic heterocycles. The summed E-state index contributed by atoms with van der Waals surface area (Å²) in [7, 11) is 1.67. The predicted molar refractivity (Wildman–Crippen MR) is 86.8 cm³/mol. The molecular weight excluding hydrogens is 334 g/mol. The molecule has 21 heavy (non-hydrogen) atoms. The fourth-order valence-corrected chi connectivity index (χ4v) is 2.75. The van der Waals surface area contributed by atoms with Gasteiger partial charge in [-0.1, -0.05) is 28.1 Å². The molecule has 1 aliphatic heterocycles. The average molecular weight is 358 g/mol. The second-order valence-corrected chi connectivity index (χ2v) is 6.27. The van der Waals surface area contributed by atoms with Crippen LogP contribution >= 0.6 is 15.9 Å². The summed E-state index contributed by atoms with van der Waals surface area (Å²) in [6.07, 6.45) is 1.04. The predicted octanol–water partition coefficient (Wildman–Crippen LogP) is 2.36. The molecular formula is C16H24BrNO3. The lowest BCUT2D eigenvalue weighted by molar-refractivity contribution is 0.0182. The van der Waals surface area contributed by atoms with Crippen molar-refractivity contribution < 1.29 is 14.2 Å². The largest absolute Gasteiger partial charge is 0.382 e. The second-order valence-electron chi connectivity index (χ2n) is 5.36. The Labute approximate surface area is 135 Å². The maximum atomic E-state index is 5.69. The summed E-state index contributed by atoms with van der Waals surface area (Å²) in [4.78, 5) is 0. The minimum Gasteiger partial charge on any atom is -0.382 e. The van der Waals surface area contributed by atoms with Gasteiger partial charge in [-0.2, -0.15) is 0 Å². The molecule has 5 heteroatoms. The number of rotatable bonds is 10. The van der Waals surface area contributed by atoms with Gasteiger partial charge >= 0.3 is 0 Å². The van der Waals surface area contributed by atoms with E-state index in [1.807, 2.05) is 0 Å². The van der Waals surface area contributed by atoms with Crippen molar-refractivity contribution in [2.45, 2.75) is 11.8 Å². The number of benzene rings is 1. The third-order valence-corrected chi connectivity index (χ3v) is 4.44. The van der Waals surface area contributed by atoms with E-state index >= 15 is 0 Å². The fraction of sp³-hybridized carbons (Fsp3) is 0.625. The molecule has 1 aliphatic rings. The minimum absolute atomic E-state index is 0.234. The molecule has 1 aromatic carbocycles. The molecule has 0 bridgehead atoms. The Hall–Kier alpha value is -0.460. The first-order valence-electron chi connectivity index (χ1n) is 7.38. The maximum Gasteiger partial charge on any atom is 0.0701 e. The number of halogens is 1. The number of methoxy groups -OCH3 is 1. The molecule has 0 spiro atoms. The van der Waals surface area contributed by atoms with Gasteiger partial charge in [0.1, 0.15) is 0 Å². The van der Waals surface area contributed by atoms with Crippen molar-refractivity contribution in [3.05, 3.63) is 34.3 Å². The van der Waals surface area contributed by atoms with E-state index in [0.29, 0.717) is 26.4 Å². The number of nitrogens with one attached hydrogen (secondary N) is 1. The van der Waals surface area contributed by atoms with E-state index in [1.165, 1.54) is 5.56 Å². The van der Waals surface area contributed by atoms with Crippen LogP contribution in [-0.4, -0.2) is 53.2 Å². The van der Waals surface area contributed by atoms with Gasteiger partial charge in [0.25, 0.3) is 0 Å². The Morgan fingerprint density at radius 3 is 2.19 bits per heavy atom. The SMILES string of the molecule is COCCOCCOCCC1(c2ccc(Br)cc2)CNC1. The van der Waals surface area contributed by atoms with E-state index in [9.17, 15) is 0 Å². The van der Waals surface area contributed by atoms with Crippen LogP contribution in [0.4, 0.5) is 0 Å². The van der Waals surface area contributed by atoms with E-state index in [0.717, 1.165) is 30.6 Å². The zero-order chi connectivity index (χ0) is 15.0. The highest BCUT2D eigenvalue weighted by Gasteiger charge is 2.38. The van der Waals surface area contributed by atoms with Crippen molar-refractivity contribution in [2.75, 3.05) is 53.2 Å². The second kappa shape index (κ2) is 8.86. The highest BCUT2D eigenvalue weighted by Crippen LogP contribution is 2.32. The maximum absolute atomic E-state index is 5.69. The van der Waals surface area contributed by atoms with Gasteiger partial charge in [0, 0.05) is 36.7 Å². The Kier molecular flexibility index (Phi) is 7.13. The molecule has 0 aliphatic carbocycles. The van der Waals surface area contributed by atoms with E-state index < -0.39 is 0 Å². The molecule has 1 heterocycles. The quantitative estimate of drug-likeness (QED) is 0.652. The molecule has 4 nitrogen and oxygen atoms in total. The molecule has 2 rings (SSSR count). The first kappa shape index (κ1) is 16.9. The standard InChI is InChI=1S/C16H24BrNO3/c1-19-8-9-21-11-10-20-7-6-16(12-18-13-16)14-2-4-15(17)5-3-14/h2-5,18H,6-13H2,1H3. The lowest BCUT2D eigenvalue weighted by Crippen LogP contribution is -2.57. The van der Waals surface area contributed by atoms with Gasteiger partial charge in [-0.05, 0) is 24.1 Å². The molecule has 0 atom stereocenters. The van der Waals surface area contributed by atoms with Crippen molar-refractivity contribution in [1.82, 2.24) is 5.32 Å². The van der Waals surface area contributed by atoms with Crippen molar-refractivity contribution in [3.8, 4) is 0 Å². The summed E-state index contributed by atoms with van der Waals surface area (Å²) in [5.74, 6) is 0. The van der Waals surface area contributed by atoms with Crippen LogP contribution in [0.1, 0.15) is 12.0 Å². The molecule has 1 saturated heterocycles. The van der Waals surface area contributed by atoms with Crippen molar-refractivity contribution in [3.63, 3.8) is 0 Å². The lowest BCUT2D eigenvalue weighted by Gasteiger charge is -2.43. The van der Waals surface area contributed by atoms with Crippen LogP contribution in [0.3, 0.4) is 0 Å². The Morgan fingerprint density at radius 2 is 1.62 bits per heavy atom.